The minimum absolute atomic E-state index is 0.562. The van der Waals surface area contributed by atoms with Crippen LogP contribution in [0, 0.1) is 6.92 Å². The Bertz CT molecular complexity index is 974. The number of aromatic nitrogens is 3. The number of hydrogen-bond acceptors (Lipinski definition) is 6. The Balaban J connectivity index is 1.45. The van der Waals surface area contributed by atoms with Crippen molar-refractivity contribution in [2.24, 2.45) is 0 Å². The number of thiazole rings is 1. The van der Waals surface area contributed by atoms with Crippen LogP contribution in [0.3, 0.4) is 0 Å². The van der Waals surface area contributed by atoms with Gasteiger partial charge in [0.1, 0.15) is 5.01 Å². The molecule has 0 atom stereocenters. The molecule has 0 bridgehead atoms. The minimum Gasteiger partial charge on any atom is -0.419 e. The van der Waals surface area contributed by atoms with E-state index in [1.165, 1.54) is 10.3 Å². The maximum absolute atomic E-state index is 5.81. The molecule has 0 N–H and O–H groups in total. The molecule has 6 heteroatoms. The van der Waals surface area contributed by atoms with E-state index in [2.05, 4.69) is 26.1 Å². The smallest absolute Gasteiger partial charge is 0.247 e. The van der Waals surface area contributed by atoms with E-state index in [9.17, 15) is 0 Å². The maximum atomic E-state index is 5.81. The highest BCUT2D eigenvalue weighted by molar-refractivity contribution is 7.18. The van der Waals surface area contributed by atoms with Crippen LogP contribution >= 0.6 is 11.3 Å². The van der Waals surface area contributed by atoms with E-state index in [4.69, 9.17) is 4.42 Å². The van der Waals surface area contributed by atoms with Crippen LogP contribution in [-0.4, -0.2) is 27.1 Å². The Morgan fingerprint density at radius 2 is 1.92 bits per heavy atom. The summed E-state index contributed by atoms with van der Waals surface area (Å²) in [6, 6.07) is 16.3. The number of hydrogen-bond donors (Lipinski definition) is 0. The largest absolute Gasteiger partial charge is 0.419 e. The predicted octanol–water partition coefficient (Wildman–Crippen LogP) is 4.29. The van der Waals surface area contributed by atoms with Crippen LogP contribution < -0.4 is 0 Å². The molecule has 0 spiro atoms. The molecule has 0 aliphatic heterocycles. The van der Waals surface area contributed by atoms with Gasteiger partial charge in [0.25, 0.3) is 0 Å². The normalized spacial score (nSPS) is 11.5. The van der Waals surface area contributed by atoms with Crippen LogP contribution in [0.4, 0.5) is 0 Å². The third-order valence-corrected chi connectivity index (χ3v) is 4.90. The fraction of sp³-hybridized carbons (Fsp3) is 0.211. The highest BCUT2D eigenvalue weighted by atomic mass is 32.1. The molecule has 0 amide bonds. The number of nitrogens with zero attached hydrogens (tertiary/aromatic N) is 4. The van der Waals surface area contributed by atoms with Crippen molar-refractivity contribution in [3.05, 3.63) is 65.0 Å². The lowest BCUT2D eigenvalue weighted by Gasteiger charge is -2.11. The Morgan fingerprint density at radius 1 is 1.04 bits per heavy atom. The molecule has 0 unspecified atom stereocenters. The zero-order valence-electron chi connectivity index (χ0n) is 14.1. The van der Waals surface area contributed by atoms with Gasteiger partial charge >= 0.3 is 0 Å². The van der Waals surface area contributed by atoms with Gasteiger partial charge in [0, 0.05) is 5.56 Å². The second-order valence-electron chi connectivity index (χ2n) is 6.12. The first-order valence-corrected chi connectivity index (χ1v) is 8.91. The van der Waals surface area contributed by atoms with Crippen molar-refractivity contribution in [2.75, 3.05) is 7.05 Å². The summed E-state index contributed by atoms with van der Waals surface area (Å²) in [4.78, 5) is 6.80. The van der Waals surface area contributed by atoms with E-state index in [1.54, 1.807) is 11.3 Å². The van der Waals surface area contributed by atoms with E-state index in [0.717, 1.165) is 22.6 Å². The molecule has 0 saturated heterocycles. The second kappa shape index (κ2) is 6.74. The Labute approximate surface area is 150 Å². The summed E-state index contributed by atoms with van der Waals surface area (Å²) in [5.41, 5.74) is 3.17. The molecule has 0 saturated carbocycles. The molecule has 0 fully saturated rings. The van der Waals surface area contributed by atoms with Crippen molar-refractivity contribution in [1.29, 1.82) is 0 Å². The van der Waals surface area contributed by atoms with Crippen LogP contribution in [0.2, 0.25) is 0 Å². The van der Waals surface area contributed by atoms with Crippen LogP contribution in [-0.2, 0) is 13.1 Å². The van der Waals surface area contributed by atoms with Crippen LogP contribution in [0.5, 0.6) is 0 Å². The summed E-state index contributed by atoms with van der Waals surface area (Å²) in [6.07, 6.45) is 0. The van der Waals surface area contributed by atoms with E-state index >= 15 is 0 Å². The lowest BCUT2D eigenvalue weighted by molar-refractivity contribution is 0.282. The third kappa shape index (κ3) is 3.60. The van der Waals surface area contributed by atoms with Gasteiger partial charge in [-0.2, -0.15) is 0 Å². The molecule has 2 aromatic carbocycles. The number of fused-ring (bicyclic) bond motifs is 1. The van der Waals surface area contributed by atoms with Gasteiger partial charge in [-0.1, -0.05) is 29.8 Å². The van der Waals surface area contributed by atoms with Gasteiger partial charge in [0.05, 0.1) is 23.3 Å². The van der Waals surface area contributed by atoms with Gasteiger partial charge in [-0.25, -0.2) is 4.98 Å². The molecule has 0 aliphatic carbocycles. The predicted molar refractivity (Wildman–Crippen MR) is 99.3 cm³/mol. The summed E-state index contributed by atoms with van der Waals surface area (Å²) in [7, 11) is 2.03. The van der Waals surface area contributed by atoms with E-state index < -0.39 is 0 Å². The molecule has 4 rings (SSSR count). The first-order valence-electron chi connectivity index (χ1n) is 8.10. The van der Waals surface area contributed by atoms with Gasteiger partial charge in [-0.15, -0.1) is 21.5 Å². The minimum atomic E-state index is 0.562. The standard InChI is InChI=1S/C19H18N4OS/c1-13-6-5-7-14(10-13)19-22-21-17(24-19)11-23(2)12-18-20-15-8-3-4-9-16(15)25-18/h3-10H,11-12H2,1-2H3. The monoisotopic (exact) mass is 350 g/mol. The average molecular weight is 350 g/mol. The number of para-hydroxylation sites is 1. The molecular weight excluding hydrogens is 332 g/mol. The lowest BCUT2D eigenvalue weighted by Crippen LogP contribution is -2.17. The molecular formula is C19H18N4OS. The molecule has 2 heterocycles. The number of benzene rings is 2. The van der Waals surface area contributed by atoms with Gasteiger partial charge in [-0.05, 0) is 38.2 Å². The van der Waals surface area contributed by atoms with E-state index in [1.807, 2.05) is 56.4 Å². The van der Waals surface area contributed by atoms with Crippen molar-refractivity contribution in [2.45, 2.75) is 20.0 Å². The fourth-order valence-corrected chi connectivity index (χ4v) is 3.77. The maximum Gasteiger partial charge on any atom is 0.247 e. The lowest BCUT2D eigenvalue weighted by atomic mass is 10.1. The zero-order chi connectivity index (χ0) is 17.2. The molecule has 0 aliphatic rings. The SMILES string of the molecule is Cc1cccc(-c2nnc(CN(C)Cc3nc4ccccc4s3)o2)c1. The highest BCUT2D eigenvalue weighted by Crippen LogP contribution is 2.23. The van der Waals surface area contributed by atoms with Crippen molar-refractivity contribution in [3.63, 3.8) is 0 Å². The molecule has 126 valence electrons. The summed E-state index contributed by atoms with van der Waals surface area (Å²) in [5.74, 6) is 1.17. The molecule has 4 aromatic rings. The highest BCUT2D eigenvalue weighted by Gasteiger charge is 2.12. The van der Waals surface area contributed by atoms with E-state index in [0.29, 0.717) is 18.3 Å². The Hall–Kier alpha value is -2.57. The number of aryl methyl sites for hydroxylation is 1. The first-order chi connectivity index (χ1) is 12.2. The summed E-state index contributed by atoms with van der Waals surface area (Å²) < 4.78 is 7.02. The fourth-order valence-electron chi connectivity index (χ4n) is 2.72. The summed E-state index contributed by atoms with van der Waals surface area (Å²) >= 11 is 1.72. The van der Waals surface area contributed by atoms with Crippen molar-refractivity contribution in [3.8, 4) is 11.5 Å². The third-order valence-electron chi connectivity index (χ3n) is 3.88. The summed E-state index contributed by atoms with van der Waals surface area (Å²) in [5, 5.41) is 9.42. The Morgan fingerprint density at radius 3 is 2.76 bits per heavy atom. The second-order valence-corrected chi connectivity index (χ2v) is 7.23. The van der Waals surface area contributed by atoms with Gasteiger partial charge in [0.15, 0.2) is 0 Å². The van der Waals surface area contributed by atoms with Crippen LogP contribution in [0.1, 0.15) is 16.5 Å². The van der Waals surface area contributed by atoms with Crippen LogP contribution in [0.25, 0.3) is 21.7 Å². The number of rotatable bonds is 5. The Kier molecular flexibility index (Phi) is 4.29. The quantitative estimate of drug-likeness (QED) is 0.537. The van der Waals surface area contributed by atoms with Crippen molar-refractivity contribution < 1.29 is 4.42 Å². The van der Waals surface area contributed by atoms with Gasteiger partial charge in [-0.3, -0.25) is 4.90 Å². The van der Waals surface area contributed by atoms with Crippen LogP contribution in [0.15, 0.2) is 52.9 Å². The molecule has 2 aromatic heterocycles. The summed E-state index contributed by atoms with van der Waals surface area (Å²) in [6.45, 7) is 3.39. The molecule has 5 nitrogen and oxygen atoms in total. The topological polar surface area (TPSA) is 55.1 Å². The van der Waals surface area contributed by atoms with Gasteiger partial charge < -0.3 is 4.42 Å². The van der Waals surface area contributed by atoms with E-state index in [-0.39, 0.29) is 0 Å². The molecule has 0 radical (unpaired) electrons. The molecule has 25 heavy (non-hydrogen) atoms. The van der Waals surface area contributed by atoms with Crippen molar-refractivity contribution >= 4 is 21.6 Å². The zero-order valence-corrected chi connectivity index (χ0v) is 15.0. The first kappa shape index (κ1) is 15.9. The van der Waals surface area contributed by atoms with Gasteiger partial charge in [0.2, 0.25) is 11.8 Å². The average Bonchev–Trinajstić information content (AvgIpc) is 3.21. The van der Waals surface area contributed by atoms with Crippen molar-refractivity contribution in [1.82, 2.24) is 20.1 Å².